The third-order valence-corrected chi connectivity index (χ3v) is 6.29. The lowest BCUT2D eigenvalue weighted by atomic mass is 10.0. The first-order chi connectivity index (χ1) is 6.84. The van der Waals surface area contributed by atoms with E-state index >= 15 is 0 Å². The van der Waals surface area contributed by atoms with E-state index in [0.29, 0.717) is 12.1 Å². The summed E-state index contributed by atoms with van der Waals surface area (Å²) in [5.41, 5.74) is 0.497. The minimum Gasteiger partial charge on any atom is -0.466 e. The van der Waals surface area contributed by atoms with Gasteiger partial charge in [-0.25, -0.2) is 0 Å². The second-order valence-corrected chi connectivity index (χ2v) is 10.9. The van der Waals surface area contributed by atoms with Crippen LogP contribution in [0, 0.1) is 5.92 Å². The van der Waals surface area contributed by atoms with E-state index < -0.39 is 8.07 Å². The molecule has 0 bridgehead atoms. The van der Waals surface area contributed by atoms with Crippen LogP contribution in [0.2, 0.25) is 25.2 Å². The highest BCUT2D eigenvalue weighted by atomic mass is 28.3. The molecule has 0 N–H and O–H groups in total. The number of rotatable bonds is 6. The first kappa shape index (κ1) is 14.7. The number of carbonyl (C=O) groups is 1. The van der Waals surface area contributed by atoms with Gasteiger partial charge in [0.1, 0.15) is 0 Å². The van der Waals surface area contributed by atoms with E-state index in [2.05, 4.69) is 33.5 Å². The Morgan fingerprint density at radius 3 is 2.13 bits per heavy atom. The maximum absolute atomic E-state index is 11.8. The smallest absolute Gasteiger partial charge is 0.308 e. The molecule has 0 aliphatic heterocycles. The molecule has 0 spiro atoms. The predicted octanol–water partition coefficient (Wildman–Crippen LogP) is 3.69. The Hall–Kier alpha value is -0.313. The fraction of sp³-hybridized carbons (Fsp3) is 0.917. The van der Waals surface area contributed by atoms with Crippen LogP contribution in [0.5, 0.6) is 0 Å². The van der Waals surface area contributed by atoms with Crippen molar-refractivity contribution in [1.29, 1.82) is 0 Å². The summed E-state index contributed by atoms with van der Waals surface area (Å²) in [6.07, 6.45) is 2.02. The Bertz CT molecular complexity index is 196. The van der Waals surface area contributed by atoms with E-state index in [0.717, 1.165) is 12.8 Å². The van der Waals surface area contributed by atoms with Gasteiger partial charge < -0.3 is 4.74 Å². The van der Waals surface area contributed by atoms with Gasteiger partial charge in [0.15, 0.2) is 0 Å². The van der Waals surface area contributed by atoms with Gasteiger partial charge in [0.25, 0.3) is 0 Å². The molecule has 0 saturated heterocycles. The van der Waals surface area contributed by atoms with Crippen molar-refractivity contribution < 1.29 is 9.53 Å². The highest BCUT2D eigenvalue weighted by Crippen LogP contribution is 2.33. The molecule has 0 saturated carbocycles. The van der Waals surface area contributed by atoms with Crippen LogP contribution in [-0.2, 0) is 9.53 Å². The Labute approximate surface area is 95.4 Å². The summed E-state index contributed by atoms with van der Waals surface area (Å²) >= 11 is 0. The van der Waals surface area contributed by atoms with Crippen molar-refractivity contribution in [1.82, 2.24) is 0 Å². The zero-order chi connectivity index (χ0) is 12.1. The maximum atomic E-state index is 11.8. The standard InChI is InChI=1S/C12H26O2Si/c1-7-9-11(12(13)14-8-2)10(3)15(4,5)6/h10-11H,7-9H2,1-6H3. The van der Waals surface area contributed by atoms with Crippen molar-refractivity contribution in [3.63, 3.8) is 0 Å². The fourth-order valence-corrected chi connectivity index (χ4v) is 3.25. The maximum Gasteiger partial charge on any atom is 0.308 e. The van der Waals surface area contributed by atoms with E-state index in [1.54, 1.807) is 0 Å². The molecule has 0 aromatic rings. The van der Waals surface area contributed by atoms with Gasteiger partial charge in [-0.15, -0.1) is 0 Å². The van der Waals surface area contributed by atoms with E-state index in [1.807, 2.05) is 6.92 Å². The minimum atomic E-state index is -1.25. The third kappa shape index (κ3) is 4.82. The predicted molar refractivity (Wildman–Crippen MR) is 67.8 cm³/mol. The summed E-state index contributed by atoms with van der Waals surface area (Å²) in [5.74, 6) is 0.121. The van der Waals surface area contributed by atoms with Crippen molar-refractivity contribution in [2.24, 2.45) is 5.92 Å². The average molecular weight is 230 g/mol. The molecule has 0 aliphatic rings. The van der Waals surface area contributed by atoms with Crippen LogP contribution in [-0.4, -0.2) is 20.7 Å². The third-order valence-electron chi connectivity index (χ3n) is 3.16. The Morgan fingerprint density at radius 1 is 1.27 bits per heavy atom. The normalized spacial score (nSPS) is 15.9. The molecule has 0 aromatic heterocycles. The fourth-order valence-electron chi connectivity index (χ4n) is 1.74. The van der Waals surface area contributed by atoms with Gasteiger partial charge in [0, 0.05) is 8.07 Å². The summed E-state index contributed by atoms with van der Waals surface area (Å²) in [6, 6.07) is 0. The Balaban J connectivity index is 4.57. The van der Waals surface area contributed by atoms with Crippen molar-refractivity contribution in [2.45, 2.75) is 58.8 Å². The molecule has 15 heavy (non-hydrogen) atoms. The van der Waals surface area contributed by atoms with E-state index in [-0.39, 0.29) is 11.9 Å². The molecule has 0 radical (unpaired) electrons. The second kappa shape index (κ2) is 6.31. The summed E-state index contributed by atoms with van der Waals surface area (Å²) in [5, 5.41) is 0. The topological polar surface area (TPSA) is 26.3 Å². The molecule has 0 heterocycles. The largest absolute Gasteiger partial charge is 0.466 e. The van der Waals surface area contributed by atoms with Crippen molar-refractivity contribution in [3.05, 3.63) is 0 Å². The average Bonchev–Trinajstić information content (AvgIpc) is 2.12. The highest BCUT2D eigenvalue weighted by Gasteiger charge is 2.34. The van der Waals surface area contributed by atoms with Crippen molar-refractivity contribution in [3.8, 4) is 0 Å². The summed E-state index contributed by atoms with van der Waals surface area (Å²) in [4.78, 5) is 11.8. The minimum absolute atomic E-state index is 0.00859. The molecule has 0 fully saturated rings. The number of carbonyl (C=O) groups excluding carboxylic acids is 1. The molecular formula is C12H26O2Si. The van der Waals surface area contributed by atoms with Crippen LogP contribution in [0.15, 0.2) is 0 Å². The monoisotopic (exact) mass is 230 g/mol. The first-order valence-corrected chi connectivity index (χ1v) is 9.58. The van der Waals surface area contributed by atoms with Crippen molar-refractivity contribution in [2.75, 3.05) is 6.61 Å². The highest BCUT2D eigenvalue weighted by molar-refractivity contribution is 6.77. The molecule has 0 aliphatic carbocycles. The van der Waals surface area contributed by atoms with Crippen LogP contribution in [0.4, 0.5) is 0 Å². The van der Waals surface area contributed by atoms with E-state index in [9.17, 15) is 4.79 Å². The summed E-state index contributed by atoms with van der Waals surface area (Å²) in [7, 11) is -1.25. The quantitative estimate of drug-likeness (QED) is 0.514. The van der Waals surface area contributed by atoms with Gasteiger partial charge in [0.2, 0.25) is 0 Å². The zero-order valence-electron chi connectivity index (χ0n) is 11.1. The van der Waals surface area contributed by atoms with Crippen LogP contribution < -0.4 is 0 Å². The Kier molecular flexibility index (Phi) is 6.18. The van der Waals surface area contributed by atoms with Crippen molar-refractivity contribution >= 4 is 14.0 Å². The second-order valence-electron chi connectivity index (χ2n) is 5.30. The molecule has 0 aromatic carbocycles. The molecule has 0 rings (SSSR count). The zero-order valence-corrected chi connectivity index (χ0v) is 12.1. The van der Waals surface area contributed by atoms with Crippen LogP contribution in [0.1, 0.15) is 33.6 Å². The van der Waals surface area contributed by atoms with Gasteiger partial charge in [-0.3, -0.25) is 4.79 Å². The van der Waals surface area contributed by atoms with Crippen LogP contribution >= 0.6 is 0 Å². The van der Waals surface area contributed by atoms with E-state index in [4.69, 9.17) is 4.74 Å². The molecule has 3 heteroatoms. The van der Waals surface area contributed by atoms with Gasteiger partial charge in [-0.1, -0.05) is 39.9 Å². The SMILES string of the molecule is CCCC(C(=O)OCC)C(C)[Si](C)(C)C. The van der Waals surface area contributed by atoms with Gasteiger partial charge in [0.05, 0.1) is 12.5 Å². The number of esters is 1. The molecular weight excluding hydrogens is 204 g/mol. The molecule has 2 unspecified atom stereocenters. The van der Waals surface area contributed by atoms with Gasteiger partial charge >= 0.3 is 5.97 Å². The number of ether oxygens (including phenoxy) is 1. The first-order valence-electron chi connectivity index (χ1n) is 6.01. The number of hydrogen-bond acceptors (Lipinski definition) is 2. The lowest BCUT2D eigenvalue weighted by Crippen LogP contribution is -2.35. The van der Waals surface area contributed by atoms with Gasteiger partial charge in [-0.05, 0) is 18.9 Å². The molecule has 90 valence electrons. The van der Waals surface area contributed by atoms with Crippen LogP contribution in [0.25, 0.3) is 0 Å². The summed E-state index contributed by atoms with van der Waals surface area (Å²) in [6.45, 7) is 13.7. The lowest BCUT2D eigenvalue weighted by Gasteiger charge is -2.31. The molecule has 2 nitrogen and oxygen atoms in total. The number of hydrogen-bond donors (Lipinski definition) is 0. The van der Waals surface area contributed by atoms with Crippen LogP contribution in [0.3, 0.4) is 0 Å². The van der Waals surface area contributed by atoms with E-state index in [1.165, 1.54) is 0 Å². The van der Waals surface area contributed by atoms with Gasteiger partial charge in [-0.2, -0.15) is 0 Å². The Morgan fingerprint density at radius 2 is 1.80 bits per heavy atom. The molecule has 2 atom stereocenters. The molecule has 0 amide bonds. The summed E-state index contributed by atoms with van der Waals surface area (Å²) < 4.78 is 5.16. The lowest BCUT2D eigenvalue weighted by molar-refractivity contribution is -0.148.